The van der Waals surface area contributed by atoms with E-state index >= 15 is 0 Å². The van der Waals surface area contributed by atoms with E-state index in [1.54, 1.807) is 6.92 Å². The second kappa shape index (κ2) is 3.59. The van der Waals surface area contributed by atoms with Gasteiger partial charge in [-0.3, -0.25) is 4.79 Å². The minimum Gasteiger partial charge on any atom is -0.351 e. The maximum Gasteiger partial charge on any atom is 0.217 e. The van der Waals surface area contributed by atoms with E-state index in [0.717, 1.165) is 12.8 Å². The first-order valence-corrected chi connectivity index (χ1v) is 3.83. The van der Waals surface area contributed by atoms with Crippen LogP contribution < -0.4 is 5.32 Å². The smallest absolute Gasteiger partial charge is 0.217 e. The van der Waals surface area contributed by atoms with Crippen molar-refractivity contribution >= 4 is 5.91 Å². The summed E-state index contributed by atoms with van der Waals surface area (Å²) in [5, 5.41) is 2.92. The number of nitrogens with one attached hydrogen (secondary N) is 1. The van der Waals surface area contributed by atoms with Gasteiger partial charge in [0.15, 0.2) is 0 Å². The molecule has 0 radical (unpaired) electrons. The van der Waals surface area contributed by atoms with Crippen molar-refractivity contribution in [3.63, 3.8) is 0 Å². The Morgan fingerprint density at radius 1 is 1.40 bits per heavy atom. The second-order valence-electron chi connectivity index (χ2n) is 2.95. The van der Waals surface area contributed by atoms with Crippen molar-refractivity contribution in [3.8, 4) is 0 Å². The van der Waals surface area contributed by atoms with Gasteiger partial charge in [-0.1, -0.05) is 13.8 Å². The number of carbonyl (C=O) groups is 1. The molecule has 0 aromatic heterocycles. The Hall–Kier alpha value is -0.530. The number of amides is 1. The van der Waals surface area contributed by atoms with Crippen molar-refractivity contribution < 1.29 is 4.79 Å². The van der Waals surface area contributed by atoms with Crippen molar-refractivity contribution in [1.82, 2.24) is 5.32 Å². The molecule has 10 heavy (non-hydrogen) atoms. The van der Waals surface area contributed by atoms with Gasteiger partial charge in [0.05, 0.1) is 0 Å². The Balaban J connectivity index is 3.92. The monoisotopic (exact) mass is 143 g/mol. The van der Waals surface area contributed by atoms with E-state index in [-0.39, 0.29) is 11.4 Å². The van der Waals surface area contributed by atoms with Crippen LogP contribution in [-0.4, -0.2) is 11.4 Å². The zero-order valence-electron chi connectivity index (χ0n) is 7.32. The van der Waals surface area contributed by atoms with E-state index in [1.807, 2.05) is 0 Å². The summed E-state index contributed by atoms with van der Waals surface area (Å²) in [5.74, 6) is 0.0613. The number of rotatable bonds is 3. The molecule has 0 saturated carbocycles. The van der Waals surface area contributed by atoms with Gasteiger partial charge in [0, 0.05) is 12.5 Å². The van der Waals surface area contributed by atoms with Crippen LogP contribution >= 0.6 is 0 Å². The molecule has 0 atom stereocenters. The molecule has 1 amide bonds. The van der Waals surface area contributed by atoms with Crippen molar-refractivity contribution in [2.45, 2.75) is 46.1 Å². The van der Waals surface area contributed by atoms with E-state index in [2.05, 4.69) is 26.1 Å². The van der Waals surface area contributed by atoms with Gasteiger partial charge >= 0.3 is 0 Å². The molecule has 0 bridgehead atoms. The average Bonchev–Trinajstić information content (AvgIpc) is 1.87. The normalized spacial score (nSPS) is 11.2. The van der Waals surface area contributed by atoms with Crippen LogP contribution in [0, 0.1) is 0 Å². The van der Waals surface area contributed by atoms with Crippen LogP contribution in [0.1, 0.15) is 40.5 Å². The molecule has 0 spiro atoms. The minimum absolute atomic E-state index is 0.00579. The molecule has 0 rings (SSSR count). The highest BCUT2D eigenvalue weighted by molar-refractivity contribution is 5.73. The van der Waals surface area contributed by atoms with Gasteiger partial charge < -0.3 is 5.32 Å². The van der Waals surface area contributed by atoms with Crippen LogP contribution in [0.25, 0.3) is 0 Å². The van der Waals surface area contributed by atoms with E-state index in [4.69, 9.17) is 0 Å². The highest BCUT2D eigenvalue weighted by Gasteiger charge is 2.19. The first-order chi connectivity index (χ1) is 4.54. The van der Waals surface area contributed by atoms with Crippen molar-refractivity contribution in [1.29, 1.82) is 0 Å². The van der Waals surface area contributed by atoms with Crippen molar-refractivity contribution in [3.05, 3.63) is 0 Å². The highest BCUT2D eigenvalue weighted by Crippen LogP contribution is 2.12. The third-order valence-corrected chi connectivity index (χ3v) is 2.04. The van der Waals surface area contributed by atoms with Gasteiger partial charge in [-0.2, -0.15) is 0 Å². The summed E-state index contributed by atoms with van der Waals surface area (Å²) in [6.45, 7) is 7.79. The highest BCUT2D eigenvalue weighted by atomic mass is 16.1. The molecule has 60 valence electrons. The van der Waals surface area contributed by atoms with Crippen LogP contribution in [-0.2, 0) is 4.79 Å². The van der Waals surface area contributed by atoms with E-state index in [0.29, 0.717) is 0 Å². The fraction of sp³-hybridized carbons (Fsp3) is 0.875. The summed E-state index contributed by atoms with van der Waals surface area (Å²) in [5.41, 5.74) is 0.00579. The molecule has 0 aromatic carbocycles. The zero-order valence-corrected chi connectivity index (χ0v) is 7.32. The van der Waals surface area contributed by atoms with Gasteiger partial charge in [-0.15, -0.1) is 0 Å². The third-order valence-electron chi connectivity index (χ3n) is 2.04. The maximum atomic E-state index is 10.7. The summed E-state index contributed by atoms with van der Waals surface area (Å²) in [7, 11) is 0. The van der Waals surface area contributed by atoms with Gasteiger partial charge in [0.2, 0.25) is 5.91 Å². The molecule has 0 aliphatic carbocycles. The molecular weight excluding hydrogens is 126 g/mol. The minimum atomic E-state index is 0.00579. The standard InChI is InChI=1S/C8H17NO/c1-5-8(4,6-2)9-7(3)10/h5-6H2,1-4H3,(H,9,10). The lowest BCUT2D eigenvalue weighted by Crippen LogP contribution is -2.43. The quantitative estimate of drug-likeness (QED) is 0.640. The second-order valence-corrected chi connectivity index (χ2v) is 2.95. The SMILES string of the molecule is CCC(C)(CC)NC(C)=O. The zero-order chi connectivity index (χ0) is 8.20. The third kappa shape index (κ3) is 2.85. The molecule has 2 heteroatoms. The van der Waals surface area contributed by atoms with Crippen LogP contribution in [0.5, 0.6) is 0 Å². The molecule has 0 unspecified atom stereocenters. The summed E-state index contributed by atoms with van der Waals surface area (Å²) in [6, 6.07) is 0. The maximum absolute atomic E-state index is 10.7. The molecule has 1 N–H and O–H groups in total. The summed E-state index contributed by atoms with van der Waals surface area (Å²) < 4.78 is 0. The molecule has 0 aromatic rings. The van der Waals surface area contributed by atoms with Gasteiger partial charge in [0.1, 0.15) is 0 Å². The lowest BCUT2D eigenvalue weighted by atomic mass is 9.96. The number of carbonyl (C=O) groups excluding carboxylic acids is 1. The summed E-state index contributed by atoms with van der Waals surface area (Å²) >= 11 is 0. The Morgan fingerprint density at radius 3 is 1.90 bits per heavy atom. The Kier molecular flexibility index (Phi) is 3.40. The van der Waals surface area contributed by atoms with E-state index in [9.17, 15) is 4.79 Å². The fourth-order valence-electron chi connectivity index (χ4n) is 0.852. The molecule has 0 aliphatic heterocycles. The number of hydrogen-bond donors (Lipinski definition) is 1. The Morgan fingerprint density at radius 2 is 1.80 bits per heavy atom. The van der Waals surface area contributed by atoms with E-state index < -0.39 is 0 Å². The first kappa shape index (κ1) is 9.47. The van der Waals surface area contributed by atoms with Gasteiger partial charge in [-0.05, 0) is 19.8 Å². The first-order valence-electron chi connectivity index (χ1n) is 3.83. The molecule has 0 aliphatic rings. The predicted molar refractivity (Wildman–Crippen MR) is 42.8 cm³/mol. The van der Waals surface area contributed by atoms with Crippen LogP contribution in [0.3, 0.4) is 0 Å². The lowest BCUT2D eigenvalue weighted by molar-refractivity contribution is -0.120. The van der Waals surface area contributed by atoms with Crippen molar-refractivity contribution in [2.24, 2.45) is 0 Å². The number of hydrogen-bond acceptors (Lipinski definition) is 1. The average molecular weight is 143 g/mol. The van der Waals surface area contributed by atoms with Crippen LogP contribution in [0.2, 0.25) is 0 Å². The van der Waals surface area contributed by atoms with Crippen molar-refractivity contribution in [2.75, 3.05) is 0 Å². The van der Waals surface area contributed by atoms with E-state index in [1.165, 1.54) is 0 Å². The summed E-state index contributed by atoms with van der Waals surface area (Å²) in [6.07, 6.45) is 1.98. The van der Waals surface area contributed by atoms with Gasteiger partial charge in [0.25, 0.3) is 0 Å². The molecule has 0 fully saturated rings. The topological polar surface area (TPSA) is 29.1 Å². The molecular formula is C8H17NO. The van der Waals surface area contributed by atoms with Crippen LogP contribution in [0.15, 0.2) is 0 Å². The molecule has 2 nitrogen and oxygen atoms in total. The lowest BCUT2D eigenvalue weighted by Gasteiger charge is -2.27. The largest absolute Gasteiger partial charge is 0.351 e. The summed E-state index contributed by atoms with van der Waals surface area (Å²) in [4.78, 5) is 10.7. The van der Waals surface area contributed by atoms with Crippen LogP contribution in [0.4, 0.5) is 0 Å². The van der Waals surface area contributed by atoms with Gasteiger partial charge in [-0.25, -0.2) is 0 Å². The predicted octanol–water partition coefficient (Wildman–Crippen LogP) is 1.70. The molecule has 0 heterocycles. The Labute approximate surface area is 63.0 Å². The fourth-order valence-corrected chi connectivity index (χ4v) is 0.852. The Bertz CT molecular complexity index is 116. The molecule has 0 saturated heterocycles.